The molecule has 0 saturated heterocycles. The second kappa shape index (κ2) is 35.2. The standard InChI is InChI=1S/C65H81N3O18S/c1-4-56(69)78-36-10-9-35-68(65-67-53-15-7-8-16-55(53)87-65)66-42-49-41-52(85-63(76)47-19-17-45(18-20-47)61(74)83-50-29-25-43(26-30-50)59(72)81-39-13-11-37-79-57(70)5-2)33-34-54(49)86-64(77)48-23-21-46(22-24-48)62(75)84-51-31-27-44(28-32-51)60(73)82-40-14-12-38-80-58(71)6-3/h4-8,15-16,33-34,41-48,50-51H,1-3,9-14,17-32,35-40H2/b66-42+. The van der Waals surface area contributed by atoms with Gasteiger partial charge in [-0.25, -0.2) is 24.4 Å². The predicted molar refractivity (Wildman–Crippen MR) is 320 cm³/mol. The fraction of sp³-hybridized carbons (Fsp3) is 0.554. The summed E-state index contributed by atoms with van der Waals surface area (Å²) in [5.41, 5.74) is 1.12. The Labute approximate surface area is 511 Å². The van der Waals surface area contributed by atoms with Crippen LogP contribution in [0.15, 0.2) is 85.5 Å². The number of aromatic nitrogens is 1. The topological polar surface area (TPSA) is 265 Å². The molecule has 4 aliphatic rings. The number of esters is 9. The van der Waals surface area contributed by atoms with Crippen LogP contribution < -0.4 is 14.5 Å². The van der Waals surface area contributed by atoms with Crippen molar-refractivity contribution in [2.45, 2.75) is 153 Å². The highest BCUT2D eigenvalue weighted by molar-refractivity contribution is 7.22. The molecule has 3 aromatic rings. The second-order valence-corrected chi connectivity index (χ2v) is 23.4. The second-order valence-electron chi connectivity index (χ2n) is 22.4. The number of anilines is 1. The van der Waals surface area contributed by atoms with Crippen molar-refractivity contribution in [1.29, 1.82) is 0 Å². The maximum Gasteiger partial charge on any atom is 0.330 e. The molecular weight excluding hydrogens is 1140 g/mol. The van der Waals surface area contributed by atoms with Crippen LogP contribution in [0, 0.1) is 35.5 Å². The third-order valence-electron chi connectivity index (χ3n) is 16.2. The molecule has 0 atom stereocenters. The van der Waals surface area contributed by atoms with Gasteiger partial charge in [-0.1, -0.05) is 43.2 Å². The highest BCUT2D eigenvalue weighted by Crippen LogP contribution is 2.37. The van der Waals surface area contributed by atoms with Gasteiger partial charge in [-0.3, -0.25) is 28.8 Å². The van der Waals surface area contributed by atoms with E-state index in [9.17, 15) is 43.2 Å². The molecule has 0 spiro atoms. The van der Waals surface area contributed by atoms with Crippen LogP contribution >= 0.6 is 11.3 Å². The maximum absolute atomic E-state index is 14.0. The summed E-state index contributed by atoms with van der Waals surface area (Å²) < 4.78 is 50.9. The number of hydrogen-bond donors (Lipinski definition) is 0. The lowest BCUT2D eigenvalue weighted by atomic mass is 9.82. The Morgan fingerprint density at radius 2 is 0.885 bits per heavy atom. The average Bonchev–Trinajstić information content (AvgIpc) is 3.13. The number of carbonyl (C=O) groups is 9. The first-order valence-electron chi connectivity index (χ1n) is 30.6. The van der Waals surface area contributed by atoms with Crippen LogP contribution in [0.5, 0.6) is 11.5 Å². The molecule has 0 amide bonds. The van der Waals surface area contributed by atoms with E-state index in [0.717, 1.165) is 28.4 Å². The highest BCUT2D eigenvalue weighted by atomic mass is 32.1. The highest BCUT2D eigenvalue weighted by Gasteiger charge is 2.37. The van der Waals surface area contributed by atoms with Gasteiger partial charge in [0.2, 0.25) is 5.13 Å². The Bertz CT molecular complexity index is 2860. The van der Waals surface area contributed by atoms with E-state index in [0.29, 0.717) is 158 Å². The number of unbranched alkanes of at least 4 members (excludes halogenated alkanes) is 3. The number of rotatable bonds is 31. The van der Waals surface area contributed by atoms with Gasteiger partial charge >= 0.3 is 53.7 Å². The average molecular weight is 1220 g/mol. The third kappa shape index (κ3) is 21.6. The summed E-state index contributed by atoms with van der Waals surface area (Å²) in [5, 5.41) is 7.16. The van der Waals surface area contributed by atoms with E-state index in [4.69, 9.17) is 52.7 Å². The summed E-state index contributed by atoms with van der Waals surface area (Å²) in [6.07, 6.45) is 15.1. The fourth-order valence-corrected chi connectivity index (χ4v) is 12.0. The molecule has 87 heavy (non-hydrogen) atoms. The number of nitrogens with zero attached hydrogens (tertiary/aromatic N) is 3. The Hall–Kier alpha value is -7.75. The van der Waals surface area contributed by atoms with Gasteiger partial charge in [-0.05, 0) is 172 Å². The minimum absolute atomic E-state index is 0.168. The summed E-state index contributed by atoms with van der Waals surface area (Å²) in [6, 6.07) is 12.4. The normalized spacial score (nSPS) is 21.9. The summed E-state index contributed by atoms with van der Waals surface area (Å²) in [7, 11) is 0. The van der Waals surface area contributed by atoms with Gasteiger partial charge in [0, 0.05) is 30.3 Å². The Balaban J connectivity index is 0.918. The van der Waals surface area contributed by atoms with Crippen molar-refractivity contribution in [3.05, 3.63) is 86.0 Å². The van der Waals surface area contributed by atoms with Crippen molar-refractivity contribution >= 4 is 86.6 Å². The van der Waals surface area contributed by atoms with Crippen LogP contribution in [0.3, 0.4) is 0 Å². The van der Waals surface area contributed by atoms with Crippen molar-refractivity contribution in [1.82, 2.24) is 4.98 Å². The zero-order valence-electron chi connectivity index (χ0n) is 49.5. The zero-order chi connectivity index (χ0) is 61.9. The number of hydrazone groups is 1. The van der Waals surface area contributed by atoms with Crippen LogP contribution in [-0.4, -0.2) is 117 Å². The molecule has 4 fully saturated rings. The quantitative estimate of drug-likeness (QED) is 0.0110. The summed E-state index contributed by atoms with van der Waals surface area (Å²) in [6.45, 7) is 11.6. The van der Waals surface area contributed by atoms with Gasteiger partial charge in [-0.15, -0.1) is 0 Å². The Kier molecular flexibility index (Phi) is 27.0. The molecule has 0 aliphatic heterocycles. The van der Waals surface area contributed by atoms with Crippen LogP contribution in [-0.2, 0) is 76.3 Å². The first-order valence-corrected chi connectivity index (χ1v) is 31.4. The molecule has 0 N–H and O–H groups in total. The van der Waals surface area contributed by atoms with Crippen LogP contribution in [0.25, 0.3) is 10.2 Å². The number of benzene rings is 2. The van der Waals surface area contributed by atoms with Crippen molar-refractivity contribution < 1.29 is 85.8 Å². The molecule has 1 aromatic heterocycles. The summed E-state index contributed by atoms with van der Waals surface area (Å²) >= 11 is 1.44. The van der Waals surface area contributed by atoms with Gasteiger partial charge in [-0.2, -0.15) is 5.10 Å². The van der Waals surface area contributed by atoms with Crippen molar-refractivity contribution in [2.24, 2.45) is 40.6 Å². The smallest absolute Gasteiger partial charge is 0.330 e. The van der Waals surface area contributed by atoms with Gasteiger partial charge in [0.1, 0.15) is 23.7 Å². The zero-order valence-corrected chi connectivity index (χ0v) is 50.3. The molecule has 21 nitrogen and oxygen atoms in total. The molecule has 4 aliphatic carbocycles. The van der Waals surface area contributed by atoms with Crippen molar-refractivity contribution in [3.8, 4) is 11.5 Å². The minimum Gasteiger partial charge on any atom is -0.465 e. The number of hydrogen-bond acceptors (Lipinski definition) is 22. The molecule has 1 heterocycles. The monoisotopic (exact) mass is 1220 g/mol. The number of carbonyl (C=O) groups excluding carboxylic acids is 9. The van der Waals surface area contributed by atoms with Gasteiger partial charge < -0.3 is 42.6 Å². The lowest BCUT2D eigenvalue weighted by Gasteiger charge is -2.30. The number of thiazole rings is 1. The van der Waals surface area contributed by atoms with Gasteiger partial charge in [0.25, 0.3) is 0 Å². The molecule has 0 unspecified atom stereocenters. The number of fused-ring (bicyclic) bond motifs is 1. The van der Waals surface area contributed by atoms with Crippen LogP contribution in [0.4, 0.5) is 5.13 Å². The first kappa shape index (κ1) is 66.8. The molecule has 2 aromatic carbocycles. The summed E-state index contributed by atoms with van der Waals surface area (Å²) in [5.74, 6) is -5.63. The lowest BCUT2D eigenvalue weighted by Crippen LogP contribution is -2.33. The van der Waals surface area contributed by atoms with Crippen molar-refractivity contribution in [2.75, 3.05) is 44.6 Å². The van der Waals surface area contributed by atoms with Crippen LogP contribution in [0.2, 0.25) is 0 Å². The molecule has 4 saturated carbocycles. The summed E-state index contributed by atoms with van der Waals surface area (Å²) in [4.78, 5) is 119. The lowest BCUT2D eigenvalue weighted by molar-refractivity contribution is -0.161. The first-order chi connectivity index (χ1) is 42.2. The van der Waals surface area contributed by atoms with E-state index in [1.165, 1.54) is 17.6 Å². The molecular formula is C65H81N3O18S. The predicted octanol–water partition coefficient (Wildman–Crippen LogP) is 10.4. The molecule has 22 heteroatoms. The molecule has 7 rings (SSSR count). The van der Waals surface area contributed by atoms with E-state index < -0.39 is 47.6 Å². The Morgan fingerprint density at radius 1 is 0.483 bits per heavy atom. The van der Waals surface area contributed by atoms with Gasteiger partial charge in [0.05, 0.1) is 85.0 Å². The number of para-hydroxylation sites is 1. The van der Waals surface area contributed by atoms with E-state index in [1.54, 1.807) is 23.2 Å². The van der Waals surface area contributed by atoms with Crippen LogP contribution in [0.1, 0.15) is 147 Å². The van der Waals surface area contributed by atoms with E-state index in [2.05, 4.69) is 19.7 Å². The molecule has 0 bridgehead atoms. The Morgan fingerprint density at radius 3 is 1.34 bits per heavy atom. The SMILES string of the molecule is C=CC(=O)OCCCCOC(=O)C1CCC(OC(=O)C2CCC(C(=O)Oc3ccc(OC(=O)C4CCC(C(=O)OC5CCC(C(=O)OCCCCOC(=O)C=C)CC5)CC4)c(/C=N/N(CCCCOC(=O)C=C)c4nc5ccccc5s4)c3)CC2)CC1. The largest absolute Gasteiger partial charge is 0.465 e. The van der Waals surface area contributed by atoms with E-state index >= 15 is 0 Å². The maximum atomic E-state index is 14.0. The van der Waals surface area contributed by atoms with Crippen molar-refractivity contribution in [3.63, 3.8) is 0 Å². The minimum atomic E-state index is -0.517. The van der Waals surface area contributed by atoms with Gasteiger partial charge in [0.15, 0.2) is 0 Å². The fourth-order valence-electron chi connectivity index (χ4n) is 11.0. The molecule has 470 valence electrons. The third-order valence-corrected chi connectivity index (χ3v) is 17.2. The van der Waals surface area contributed by atoms with E-state index in [-0.39, 0.29) is 98.4 Å². The number of ether oxygens (including phenoxy) is 9. The van der Waals surface area contributed by atoms with E-state index in [1.807, 2.05) is 24.3 Å². The molecule has 0 radical (unpaired) electrons.